The van der Waals surface area contributed by atoms with Crippen LogP contribution in [0, 0.1) is 28.4 Å². The number of aryl methyl sites for hydroxylation is 1. The largest absolute Gasteiger partial charge is 0.271 e. The standard InChI is InChI=1S/C27H23F2N7/c1-26(2)17-7-9-27(26,23-15-31-14-22(32-23)20-8-12-36(35-20)11-4-10-30)25-16(17)13-21(33-34-25)24-18(28)5-3-6-19(24)29/h3,5-6,8,12-15,17H,4,7,9,11H2,1-2H3/t17-,27-/m0/s1. The van der Waals surface area contributed by atoms with Crippen LogP contribution in [0.25, 0.3) is 22.6 Å². The third-order valence-electron chi connectivity index (χ3n) is 8.03. The SMILES string of the molecule is CC1(C)[C@H]2CC[C@]1(c1cncc(-c3ccn(CCC#N)n3)n1)c1nnc(-c3c(F)cccc3F)cc12. The minimum Gasteiger partial charge on any atom is -0.271 e. The van der Waals surface area contributed by atoms with Gasteiger partial charge in [-0.2, -0.15) is 15.5 Å². The van der Waals surface area contributed by atoms with E-state index in [1.54, 1.807) is 23.1 Å². The second kappa shape index (κ2) is 7.98. The van der Waals surface area contributed by atoms with Gasteiger partial charge in [0.15, 0.2) is 0 Å². The zero-order chi connectivity index (χ0) is 25.1. The van der Waals surface area contributed by atoms with Gasteiger partial charge >= 0.3 is 0 Å². The van der Waals surface area contributed by atoms with Crippen molar-refractivity contribution in [2.75, 3.05) is 0 Å². The average Bonchev–Trinajstić information content (AvgIpc) is 3.50. The summed E-state index contributed by atoms with van der Waals surface area (Å²) in [6, 6.07) is 9.59. The Labute approximate surface area is 206 Å². The molecule has 0 saturated heterocycles. The number of benzene rings is 1. The smallest absolute Gasteiger partial charge is 0.135 e. The van der Waals surface area contributed by atoms with Crippen molar-refractivity contribution in [3.63, 3.8) is 0 Å². The van der Waals surface area contributed by atoms with Crippen LogP contribution in [0.5, 0.6) is 0 Å². The van der Waals surface area contributed by atoms with Crippen LogP contribution in [0.2, 0.25) is 0 Å². The highest BCUT2D eigenvalue weighted by Gasteiger charge is 2.65. The van der Waals surface area contributed by atoms with Gasteiger partial charge in [0.1, 0.15) is 23.0 Å². The lowest BCUT2D eigenvalue weighted by atomic mass is 9.66. The first-order valence-electron chi connectivity index (χ1n) is 11.9. The van der Waals surface area contributed by atoms with Crippen molar-refractivity contribution in [2.45, 2.75) is 51.0 Å². The quantitative estimate of drug-likeness (QED) is 0.388. The Bertz CT molecular complexity index is 1520. The number of hydrogen-bond donors (Lipinski definition) is 0. The molecule has 1 fully saturated rings. The van der Waals surface area contributed by atoms with Gasteiger partial charge in [0.2, 0.25) is 0 Å². The molecule has 2 aliphatic carbocycles. The van der Waals surface area contributed by atoms with E-state index in [0.717, 1.165) is 29.8 Å². The van der Waals surface area contributed by atoms with Crippen LogP contribution >= 0.6 is 0 Å². The molecule has 0 amide bonds. The first-order chi connectivity index (χ1) is 17.4. The number of fused-ring (bicyclic) bond motifs is 5. The maximum absolute atomic E-state index is 14.5. The van der Waals surface area contributed by atoms with Gasteiger partial charge in [0.25, 0.3) is 0 Å². The van der Waals surface area contributed by atoms with E-state index in [2.05, 4.69) is 40.2 Å². The third kappa shape index (κ3) is 3.03. The van der Waals surface area contributed by atoms with Gasteiger partial charge in [0, 0.05) is 12.4 Å². The van der Waals surface area contributed by atoms with Crippen molar-refractivity contribution in [1.82, 2.24) is 29.9 Å². The fourth-order valence-corrected chi connectivity index (χ4v) is 6.24. The van der Waals surface area contributed by atoms with Gasteiger partial charge in [-0.25, -0.2) is 13.8 Å². The van der Waals surface area contributed by atoms with E-state index in [4.69, 9.17) is 10.2 Å². The van der Waals surface area contributed by atoms with Gasteiger partial charge in [-0.1, -0.05) is 19.9 Å². The summed E-state index contributed by atoms with van der Waals surface area (Å²) in [4.78, 5) is 9.50. The molecule has 1 aromatic carbocycles. The summed E-state index contributed by atoms with van der Waals surface area (Å²) in [5.41, 5.74) is 3.14. The van der Waals surface area contributed by atoms with Crippen LogP contribution in [0.3, 0.4) is 0 Å². The predicted molar refractivity (Wildman–Crippen MR) is 127 cm³/mol. The van der Waals surface area contributed by atoms with Gasteiger partial charge in [-0.05, 0) is 54.0 Å². The number of halogens is 2. The normalized spacial score (nSPS) is 21.4. The van der Waals surface area contributed by atoms with E-state index in [0.29, 0.717) is 24.4 Å². The van der Waals surface area contributed by atoms with E-state index in [1.807, 2.05) is 12.3 Å². The molecule has 36 heavy (non-hydrogen) atoms. The predicted octanol–water partition coefficient (Wildman–Crippen LogP) is 5.19. The maximum atomic E-state index is 14.5. The molecule has 7 nitrogen and oxygen atoms in total. The number of rotatable bonds is 5. The molecule has 6 rings (SSSR count). The van der Waals surface area contributed by atoms with Crippen molar-refractivity contribution < 1.29 is 8.78 Å². The molecule has 9 heteroatoms. The van der Waals surface area contributed by atoms with Crippen LogP contribution in [0.1, 0.15) is 56.0 Å². The van der Waals surface area contributed by atoms with Crippen molar-refractivity contribution in [3.8, 4) is 28.7 Å². The molecule has 2 atom stereocenters. The molecule has 3 aromatic heterocycles. The van der Waals surface area contributed by atoms with Crippen LogP contribution < -0.4 is 0 Å². The van der Waals surface area contributed by atoms with Crippen LogP contribution in [0.4, 0.5) is 8.78 Å². The fraction of sp³-hybridized carbons (Fsp3) is 0.333. The Morgan fingerprint density at radius 1 is 1.08 bits per heavy atom. The molecular weight excluding hydrogens is 460 g/mol. The minimum absolute atomic E-state index is 0.146. The first-order valence-corrected chi connectivity index (χ1v) is 11.9. The third-order valence-corrected chi connectivity index (χ3v) is 8.03. The molecule has 0 radical (unpaired) electrons. The van der Waals surface area contributed by atoms with E-state index < -0.39 is 17.0 Å². The Hall–Kier alpha value is -4.06. The van der Waals surface area contributed by atoms with E-state index >= 15 is 0 Å². The summed E-state index contributed by atoms with van der Waals surface area (Å²) < 4.78 is 30.7. The van der Waals surface area contributed by atoms with Crippen LogP contribution in [-0.2, 0) is 12.0 Å². The van der Waals surface area contributed by atoms with Gasteiger partial charge in [-0.15, -0.1) is 5.10 Å². The molecule has 0 spiro atoms. The lowest BCUT2D eigenvalue weighted by molar-refractivity contribution is 0.242. The molecule has 2 aliphatic rings. The molecule has 0 N–H and O–H groups in total. The van der Waals surface area contributed by atoms with E-state index in [-0.39, 0.29) is 22.6 Å². The summed E-state index contributed by atoms with van der Waals surface area (Å²) in [6.07, 6.45) is 7.39. The zero-order valence-electron chi connectivity index (χ0n) is 19.9. The summed E-state index contributed by atoms with van der Waals surface area (Å²) in [6.45, 7) is 4.90. The van der Waals surface area contributed by atoms with Gasteiger partial charge in [-0.3, -0.25) is 9.67 Å². The molecule has 180 valence electrons. The number of hydrogen-bond acceptors (Lipinski definition) is 6. The van der Waals surface area contributed by atoms with Gasteiger partial charge < -0.3 is 0 Å². The Morgan fingerprint density at radius 3 is 2.67 bits per heavy atom. The molecular formula is C27H23F2N7. The number of nitriles is 1. The number of aromatic nitrogens is 6. The Morgan fingerprint density at radius 2 is 1.89 bits per heavy atom. The molecule has 3 heterocycles. The summed E-state index contributed by atoms with van der Waals surface area (Å²) >= 11 is 0. The second-order valence-corrected chi connectivity index (χ2v) is 10.0. The Kier molecular flexibility index (Phi) is 4.97. The minimum atomic E-state index is -0.658. The highest BCUT2D eigenvalue weighted by atomic mass is 19.1. The van der Waals surface area contributed by atoms with Crippen LogP contribution in [-0.4, -0.2) is 29.9 Å². The van der Waals surface area contributed by atoms with Gasteiger partial charge in [0.05, 0.1) is 53.3 Å². The molecule has 0 unspecified atom stereocenters. The number of nitrogens with zero attached hydrogens (tertiary/aromatic N) is 7. The fourth-order valence-electron chi connectivity index (χ4n) is 6.24. The zero-order valence-corrected chi connectivity index (χ0v) is 19.9. The topological polar surface area (TPSA) is 93.2 Å². The molecule has 0 aliphatic heterocycles. The van der Waals surface area contributed by atoms with Crippen LogP contribution in [0.15, 0.2) is 48.9 Å². The molecule has 4 aromatic rings. The highest BCUT2D eigenvalue weighted by Crippen LogP contribution is 2.69. The maximum Gasteiger partial charge on any atom is 0.135 e. The summed E-state index contributed by atoms with van der Waals surface area (Å²) in [7, 11) is 0. The lowest BCUT2D eigenvalue weighted by Gasteiger charge is -2.37. The highest BCUT2D eigenvalue weighted by molar-refractivity contribution is 5.64. The summed E-state index contributed by atoms with van der Waals surface area (Å²) in [5.74, 6) is -1.17. The monoisotopic (exact) mass is 483 g/mol. The molecule has 1 saturated carbocycles. The first kappa shape index (κ1) is 22.4. The molecule has 2 bridgehead atoms. The van der Waals surface area contributed by atoms with E-state index in [1.165, 1.54) is 18.2 Å². The second-order valence-electron chi connectivity index (χ2n) is 10.0. The van der Waals surface area contributed by atoms with E-state index in [9.17, 15) is 8.78 Å². The average molecular weight is 484 g/mol. The van der Waals surface area contributed by atoms with Crippen molar-refractivity contribution in [1.29, 1.82) is 5.26 Å². The van der Waals surface area contributed by atoms with Crippen molar-refractivity contribution in [3.05, 3.63) is 77.5 Å². The lowest BCUT2D eigenvalue weighted by Crippen LogP contribution is -2.38. The summed E-state index contributed by atoms with van der Waals surface area (Å²) in [5, 5.41) is 22.3. The Balaban J connectivity index is 1.45. The van der Waals surface area contributed by atoms with Crippen molar-refractivity contribution >= 4 is 0 Å². The van der Waals surface area contributed by atoms with Crippen molar-refractivity contribution in [2.24, 2.45) is 5.41 Å².